The Hall–Kier alpha value is -2.21. The molecule has 0 fully saturated rings. The molecule has 2 aromatic carbocycles. The Bertz CT molecular complexity index is 644. The summed E-state index contributed by atoms with van der Waals surface area (Å²) in [4.78, 5) is 9.97. The summed E-state index contributed by atoms with van der Waals surface area (Å²) in [6, 6.07) is 6.86. The van der Waals surface area contributed by atoms with Gasteiger partial charge in [-0.3, -0.25) is 10.1 Å². The fourth-order valence-electron chi connectivity index (χ4n) is 1.59. The maximum absolute atomic E-state index is 13.0. The SMILES string of the molecule is O=[N+]([O-])c1ccc(OCc2cc(F)cc(F)c2)cc1Cl. The van der Waals surface area contributed by atoms with Crippen molar-refractivity contribution >= 4 is 17.3 Å². The summed E-state index contributed by atoms with van der Waals surface area (Å²) in [5, 5.41) is 10.5. The molecule has 0 amide bonds. The first-order chi connectivity index (χ1) is 9.45. The molecule has 2 aromatic rings. The van der Waals surface area contributed by atoms with Crippen molar-refractivity contribution in [1.29, 1.82) is 0 Å². The van der Waals surface area contributed by atoms with Crippen LogP contribution in [0.1, 0.15) is 5.56 Å². The molecule has 0 saturated heterocycles. The highest BCUT2D eigenvalue weighted by molar-refractivity contribution is 6.32. The van der Waals surface area contributed by atoms with E-state index < -0.39 is 16.6 Å². The Morgan fingerprint density at radius 2 is 1.80 bits per heavy atom. The van der Waals surface area contributed by atoms with Crippen LogP contribution in [0.15, 0.2) is 36.4 Å². The van der Waals surface area contributed by atoms with E-state index in [1.165, 1.54) is 18.2 Å². The summed E-state index contributed by atoms with van der Waals surface area (Å²) in [7, 11) is 0. The molecule has 0 bridgehead atoms. The molecule has 104 valence electrons. The average Bonchev–Trinajstić information content (AvgIpc) is 2.35. The normalized spacial score (nSPS) is 10.3. The van der Waals surface area contributed by atoms with Gasteiger partial charge in [0.25, 0.3) is 5.69 Å². The summed E-state index contributed by atoms with van der Waals surface area (Å²) >= 11 is 5.71. The lowest BCUT2D eigenvalue weighted by atomic mass is 10.2. The third kappa shape index (κ3) is 3.42. The fourth-order valence-corrected chi connectivity index (χ4v) is 1.83. The standard InChI is InChI=1S/C13H8ClF2NO3/c14-12-6-11(1-2-13(12)17(18)19)20-7-8-3-9(15)5-10(16)4-8/h1-6H,7H2. The lowest BCUT2D eigenvalue weighted by Crippen LogP contribution is -1.98. The van der Waals surface area contributed by atoms with E-state index in [-0.39, 0.29) is 23.1 Å². The van der Waals surface area contributed by atoms with Crippen LogP contribution >= 0.6 is 11.6 Å². The van der Waals surface area contributed by atoms with Crippen LogP contribution < -0.4 is 4.74 Å². The molecule has 20 heavy (non-hydrogen) atoms. The molecule has 0 aliphatic heterocycles. The van der Waals surface area contributed by atoms with E-state index in [1.54, 1.807) is 0 Å². The molecule has 0 N–H and O–H groups in total. The van der Waals surface area contributed by atoms with E-state index in [9.17, 15) is 18.9 Å². The number of halogens is 3. The second-order valence-corrected chi connectivity index (χ2v) is 4.34. The third-order valence-corrected chi connectivity index (χ3v) is 2.75. The highest BCUT2D eigenvalue weighted by Gasteiger charge is 2.12. The van der Waals surface area contributed by atoms with Crippen molar-refractivity contribution < 1.29 is 18.4 Å². The van der Waals surface area contributed by atoms with Crippen molar-refractivity contribution in [2.24, 2.45) is 0 Å². The van der Waals surface area contributed by atoms with Gasteiger partial charge >= 0.3 is 0 Å². The Balaban J connectivity index is 2.11. The van der Waals surface area contributed by atoms with Crippen molar-refractivity contribution in [1.82, 2.24) is 0 Å². The van der Waals surface area contributed by atoms with Gasteiger partial charge in [-0.15, -0.1) is 0 Å². The fraction of sp³-hybridized carbons (Fsp3) is 0.0769. The first-order valence-corrected chi connectivity index (χ1v) is 5.85. The molecular weight excluding hydrogens is 292 g/mol. The topological polar surface area (TPSA) is 52.4 Å². The summed E-state index contributed by atoms with van der Waals surface area (Å²) in [6.07, 6.45) is 0. The van der Waals surface area contributed by atoms with Gasteiger partial charge in [-0.1, -0.05) is 11.6 Å². The van der Waals surface area contributed by atoms with Gasteiger partial charge in [-0.25, -0.2) is 8.78 Å². The molecule has 0 aliphatic carbocycles. The van der Waals surface area contributed by atoms with Gasteiger partial charge in [0.05, 0.1) is 4.92 Å². The van der Waals surface area contributed by atoms with Crippen LogP contribution in [-0.4, -0.2) is 4.92 Å². The lowest BCUT2D eigenvalue weighted by molar-refractivity contribution is -0.384. The molecule has 0 radical (unpaired) electrons. The van der Waals surface area contributed by atoms with E-state index >= 15 is 0 Å². The van der Waals surface area contributed by atoms with Gasteiger partial charge in [0.2, 0.25) is 0 Å². The largest absolute Gasteiger partial charge is 0.489 e. The van der Waals surface area contributed by atoms with E-state index in [2.05, 4.69) is 0 Å². The Kier molecular flexibility index (Phi) is 4.14. The van der Waals surface area contributed by atoms with Crippen LogP contribution in [0.5, 0.6) is 5.75 Å². The molecule has 0 aliphatic rings. The van der Waals surface area contributed by atoms with Crippen LogP contribution in [-0.2, 0) is 6.61 Å². The van der Waals surface area contributed by atoms with Gasteiger partial charge in [0, 0.05) is 18.2 Å². The molecule has 0 atom stereocenters. The first-order valence-electron chi connectivity index (χ1n) is 5.47. The average molecular weight is 300 g/mol. The third-order valence-electron chi connectivity index (χ3n) is 2.44. The molecular formula is C13H8ClF2NO3. The number of hydrogen-bond acceptors (Lipinski definition) is 3. The molecule has 7 heteroatoms. The zero-order chi connectivity index (χ0) is 14.7. The van der Waals surface area contributed by atoms with Crippen molar-refractivity contribution in [3.63, 3.8) is 0 Å². The Morgan fingerprint density at radius 3 is 2.35 bits per heavy atom. The number of nitro groups is 1. The highest BCUT2D eigenvalue weighted by atomic mass is 35.5. The highest BCUT2D eigenvalue weighted by Crippen LogP contribution is 2.28. The predicted molar refractivity (Wildman–Crippen MR) is 68.8 cm³/mol. The number of benzene rings is 2. The van der Waals surface area contributed by atoms with Crippen LogP contribution in [0.2, 0.25) is 5.02 Å². The Morgan fingerprint density at radius 1 is 1.15 bits per heavy atom. The van der Waals surface area contributed by atoms with Crippen LogP contribution in [0.4, 0.5) is 14.5 Å². The van der Waals surface area contributed by atoms with E-state index in [0.717, 1.165) is 18.2 Å². The summed E-state index contributed by atoms with van der Waals surface area (Å²) < 4.78 is 31.2. The maximum atomic E-state index is 13.0. The number of rotatable bonds is 4. The van der Waals surface area contributed by atoms with Crippen LogP contribution in [0.25, 0.3) is 0 Å². The van der Waals surface area contributed by atoms with E-state index in [4.69, 9.17) is 16.3 Å². The van der Waals surface area contributed by atoms with E-state index in [0.29, 0.717) is 5.56 Å². The number of nitrogens with zero attached hydrogens (tertiary/aromatic N) is 1. The van der Waals surface area contributed by atoms with Crippen molar-refractivity contribution in [3.8, 4) is 5.75 Å². The zero-order valence-electron chi connectivity index (χ0n) is 9.98. The molecule has 2 rings (SSSR count). The number of ether oxygens (including phenoxy) is 1. The minimum atomic E-state index is -0.703. The predicted octanol–water partition coefficient (Wildman–Crippen LogP) is 4.11. The molecule has 0 aromatic heterocycles. The van der Waals surface area contributed by atoms with Crippen molar-refractivity contribution in [2.45, 2.75) is 6.61 Å². The summed E-state index contributed by atoms with van der Waals surface area (Å²) in [6.45, 7) is -0.0805. The monoisotopic (exact) mass is 299 g/mol. The molecule has 0 unspecified atom stereocenters. The second kappa shape index (κ2) is 5.83. The molecule has 0 spiro atoms. The van der Waals surface area contributed by atoms with Crippen LogP contribution in [0, 0.1) is 21.7 Å². The molecule has 4 nitrogen and oxygen atoms in total. The second-order valence-electron chi connectivity index (χ2n) is 3.94. The van der Waals surface area contributed by atoms with Crippen LogP contribution in [0.3, 0.4) is 0 Å². The van der Waals surface area contributed by atoms with Gasteiger partial charge in [0.15, 0.2) is 0 Å². The smallest absolute Gasteiger partial charge is 0.288 e. The molecule has 0 saturated carbocycles. The quantitative estimate of drug-likeness (QED) is 0.630. The first kappa shape index (κ1) is 14.2. The van der Waals surface area contributed by atoms with Gasteiger partial charge in [0.1, 0.15) is 29.0 Å². The number of nitro benzene ring substituents is 1. The lowest BCUT2D eigenvalue weighted by Gasteiger charge is -2.07. The molecule has 0 heterocycles. The number of hydrogen-bond donors (Lipinski definition) is 0. The van der Waals surface area contributed by atoms with Crippen molar-refractivity contribution in [3.05, 3.63) is 68.7 Å². The van der Waals surface area contributed by atoms with Crippen molar-refractivity contribution in [2.75, 3.05) is 0 Å². The summed E-state index contributed by atoms with van der Waals surface area (Å²) in [5.74, 6) is -1.14. The van der Waals surface area contributed by atoms with Gasteiger partial charge in [-0.05, 0) is 23.8 Å². The Labute approximate surface area is 117 Å². The van der Waals surface area contributed by atoms with Gasteiger partial charge < -0.3 is 4.74 Å². The van der Waals surface area contributed by atoms with E-state index in [1.807, 2.05) is 0 Å². The minimum absolute atomic E-state index is 0.0714. The minimum Gasteiger partial charge on any atom is -0.489 e. The summed E-state index contributed by atoms with van der Waals surface area (Å²) in [5.41, 5.74) is 0.0628. The van der Waals surface area contributed by atoms with Gasteiger partial charge in [-0.2, -0.15) is 0 Å². The maximum Gasteiger partial charge on any atom is 0.288 e. The zero-order valence-corrected chi connectivity index (χ0v) is 10.7.